The van der Waals surface area contributed by atoms with Crippen LogP contribution < -0.4 is 0 Å². The van der Waals surface area contributed by atoms with E-state index in [2.05, 4.69) is 4.98 Å². The summed E-state index contributed by atoms with van der Waals surface area (Å²) >= 11 is 0. The second kappa shape index (κ2) is 16.4. The van der Waals surface area contributed by atoms with E-state index in [0.29, 0.717) is 0 Å². The van der Waals surface area contributed by atoms with Crippen molar-refractivity contribution in [3.63, 3.8) is 0 Å². The van der Waals surface area contributed by atoms with Crippen LogP contribution in [0.1, 0.15) is 88.2 Å². The van der Waals surface area contributed by atoms with Gasteiger partial charge in [-0.3, -0.25) is 29.0 Å². The molecule has 0 amide bonds. The van der Waals surface area contributed by atoms with Gasteiger partial charge in [0.15, 0.2) is 24.4 Å². The lowest BCUT2D eigenvalue weighted by atomic mass is 9.45. The number of cyclic esters (lactones) is 1. The van der Waals surface area contributed by atoms with Crippen LogP contribution in [0.2, 0.25) is 0 Å². The highest BCUT2D eigenvalue weighted by molar-refractivity contribution is 5.93. The third-order valence-electron chi connectivity index (χ3n) is 12.0. The first-order chi connectivity index (χ1) is 29.0. The Morgan fingerprint density at radius 2 is 1.47 bits per heavy atom. The number of aliphatic hydroxyl groups is 2. The number of hydrogen-bond acceptors (Lipinski definition) is 21. The second-order valence-corrected chi connectivity index (χ2v) is 16.3. The van der Waals surface area contributed by atoms with Gasteiger partial charge in [0.1, 0.15) is 47.8 Å². The maximum absolute atomic E-state index is 14.9. The summed E-state index contributed by atoms with van der Waals surface area (Å²) in [5, 5.41) is 26.3. The molecule has 1 saturated heterocycles. The fourth-order valence-corrected chi connectivity index (χ4v) is 9.59. The lowest BCUT2D eigenvalue weighted by molar-refractivity contribution is -0.387. The van der Waals surface area contributed by atoms with Crippen LogP contribution in [-0.2, 0) is 77.8 Å². The lowest BCUT2D eigenvalue weighted by Crippen LogP contribution is -2.89. The van der Waals surface area contributed by atoms with E-state index in [1.807, 2.05) is 0 Å². The predicted octanol–water partition coefficient (Wildman–Crippen LogP) is 0.864. The molecule has 21 nitrogen and oxygen atoms in total. The summed E-state index contributed by atoms with van der Waals surface area (Å²) in [5.74, 6) is -10.5. The Balaban J connectivity index is 1.71. The van der Waals surface area contributed by atoms with Gasteiger partial charge in [-0.2, -0.15) is 0 Å². The van der Waals surface area contributed by atoms with Crippen molar-refractivity contribution in [2.75, 3.05) is 13.2 Å². The molecule has 1 unspecified atom stereocenters. The molecule has 2 N–H and O–H groups in total. The van der Waals surface area contributed by atoms with Gasteiger partial charge in [-0.05, 0) is 45.4 Å². The maximum Gasteiger partial charge on any atom is 0.350 e. The molecule has 4 bridgehead atoms. The number of aliphatic hydroxyl groups excluding tert-OH is 1. The number of pyridine rings is 1. The molecule has 6 rings (SSSR count). The van der Waals surface area contributed by atoms with Gasteiger partial charge in [0.25, 0.3) is 0 Å². The third kappa shape index (κ3) is 7.44. The van der Waals surface area contributed by atoms with Crippen LogP contribution in [0, 0.1) is 11.3 Å². The van der Waals surface area contributed by atoms with Crippen LogP contribution in [0.15, 0.2) is 41.3 Å². The predicted molar refractivity (Wildman–Crippen MR) is 199 cm³/mol. The molecule has 4 aliphatic rings. The van der Waals surface area contributed by atoms with Gasteiger partial charge >= 0.3 is 47.8 Å². The molecule has 21 heteroatoms. The van der Waals surface area contributed by atoms with Gasteiger partial charge in [0.05, 0.1) is 35.1 Å². The van der Waals surface area contributed by atoms with Crippen LogP contribution in [0.25, 0.3) is 0 Å². The molecule has 2 aromatic rings. The van der Waals surface area contributed by atoms with Crippen molar-refractivity contribution in [2.45, 2.75) is 127 Å². The molecule has 0 aromatic carbocycles. The highest BCUT2D eigenvalue weighted by Gasteiger charge is 2.91. The Morgan fingerprint density at radius 3 is 2.05 bits per heavy atom. The number of ether oxygens (including phenoxy) is 9. The van der Waals surface area contributed by atoms with E-state index in [-0.39, 0.29) is 23.2 Å². The SMILES string of the molecule is CC(=O)OC[C@]12[C@H](OC(C)=O)[C@H](OC(C)=O)[C@@H]3[C@@H](O)[C@@]14O[C@@]3(C)COC(=O)c1cccnc1CCC(C)(OC(=O)c1ccoc1)C(=O)O[C@@H]([C@H](OC(C)=O)[C@@H]2OC(C)=O)[C@]4(C)O. The number of hydrogen-bond donors (Lipinski definition) is 2. The molecule has 3 fully saturated rings. The topological polar surface area (TPSA) is 286 Å². The Bertz CT molecular complexity index is 2150. The van der Waals surface area contributed by atoms with Gasteiger partial charge in [-0.1, -0.05) is 0 Å². The van der Waals surface area contributed by atoms with Crippen molar-refractivity contribution in [3.05, 3.63) is 53.7 Å². The van der Waals surface area contributed by atoms with Crippen LogP contribution in [-0.4, -0.2) is 135 Å². The van der Waals surface area contributed by atoms with Crippen LogP contribution >= 0.6 is 0 Å². The quantitative estimate of drug-likeness (QED) is 0.275. The average molecular weight is 874 g/mol. The van der Waals surface area contributed by atoms with Crippen molar-refractivity contribution >= 4 is 47.8 Å². The highest BCUT2D eigenvalue weighted by Crippen LogP contribution is 2.69. The molecule has 336 valence electrons. The van der Waals surface area contributed by atoms with E-state index in [0.717, 1.165) is 54.7 Å². The normalized spacial score (nSPS) is 36.3. The summed E-state index contributed by atoms with van der Waals surface area (Å²) in [7, 11) is 0. The van der Waals surface area contributed by atoms with Crippen molar-refractivity contribution in [3.8, 4) is 0 Å². The van der Waals surface area contributed by atoms with E-state index in [1.54, 1.807) is 0 Å². The minimum atomic E-state index is -2.97. The molecule has 1 spiro atoms. The van der Waals surface area contributed by atoms with Crippen molar-refractivity contribution in [1.82, 2.24) is 4.98 Å². The summed E-state index contributed by atoms with van der Waals surface area (Å²) in [6, 6.07) is 4.05. The van der Waals surface area contributed by atoms with Gasteiger partial charge < -0.3 is 57.3 Å². The minimum absolute atomic E-state index is 0.0622. The largest absolute Gasteiger partial charge is 0.472 e. The molecular formula is C41H47NO20. The molecule has 2 saturated carbocycles. The van der Waals surface area contributed by atoms with Crippen LogP contribution in [0.3, 0.4) is 0 Å². The van der Waals surface area contributed by atoms with E-state index in [4.69, 9.17) is 47.0 Å². The number of furan rings is 1. The van der Waals surface area contributed by atoms with Gasteiger partial charge in [-0.25, -0.2) is 14.4 Å². The fraction of sp³-hybridized carbons (Fsp3) is 0.585. The Labute approximate surface area is 353 Å². The van der Waals surface area contributed by atoms with E-state index in [9.17, 15) is 48.6 Å². The number of carbonyl (C=O) groups excluding carboxylic acids is 8. The molecule has 2 aromatic heterocycles. The van der Waals surface area contributed by atoms with E-state index >= 15 is 0 Å². The van der Waals surface area contributed by atoms with E-state index in [1.165, 1.54) is 37.6 Å². The molecule has 12 atom stereocenters. The summed E-state index contributed by atoms with van der Waals surface area (Å²) < 4.78 is 58.7. The van der Waals surface area contributed by atoms with Crippen molar-refractivity contribution < 1.29 is 95.6 Å². The van der Waals surface area contributed by atoms with Gasteiger partial charge in [-0.15, -0.1) is 0 Å². The number of rotatable bonds is 8. The van der Waals surface area contributed by atoms with Crippen molar-refractivity contribution in [2.24, 2.45) is 11.3 Å². The number of aryl methyl sites for hydroxylation is 1. The molecule has 4 heterocycles. The Kier molecular flexibility index (Phi) is 12.1. The molecular weight excluding hydrogens is 826 g/mol. The number of esters is 8. The fourth-order valence-electron chi connectivity index (χ4n) is 9.59. The molecule has 2 aliphatic carbocycles. The molecule has 62 heavy (non-hydrogen) atoms. The first-order valence-electron chi connectivity index (χ1n) is 19.5. The summed E-state index contributed by atoms with van der Waals surface area (Å²) in [4.78, 5) is 112. The maximum atomic E-state index is 14.9. The zero-order chi connectivity index (χ0) is 45.7. The van der Waals surface area contributed by atoms with Crippen molar-refractivity contribution in [1.29, 1.82) is 0 Å². The third-order valence-corrected chi connectivity index (χ3v) is 12.0. The van der Waals surface area contributed by atoms with Gasteiger partial charge in [0.2, 0.25) is 5.60 Å². The number of fused-ring (bicyclic) bond motifs is 5. The Morgan fingerprint density at radius 1 is 0.855 bits per heavy atom. The summed E-state index contributed by atoms with van der Waals surface area (Å²) in [6.45, 7) is 6.33. The minimum Gasteiger partial charge on any atom is -0.472 e. The number of nitrogens with zero attached hydrogens (tertiary/aromatic N) is 1. The molecule has 2 aliphatic heterocycles. The number of aromatic nitrogens is 1. The molecule has 0 radical (unpaired) electrons. The standard InChI is InChI=1S/C41H47NO20/c1-19(43)54-18-40-32(58-22(4)46)28(56-20(2)44)27-30(48)41(40)39(8,52)31(29(57-21(3)45)33(40)59-23(5)47)60-36(51)37(6,61-34(49)24-12-15-53-16-24)13-11-26-25(10-9-14-42-26)35(50)55-17-38(27,7)62-41/h9-10,12,14-16,27-33,48,52H,11,13,17-18H2,1-8H3/t27-,28-,29+,30-,31+,32-,33+,37?,38+,39+,40-,41+/m1/s1. The smallest absolute Gasteiger partial charge is 0.350 e. The average Bonchev–Trinajstić information content (AvgIpc) is 3.79. The van der Waals surface area contributed by atoms with Gasteiger partial charge in [0, 0.05) is 47.2 Å². The Hall–Kier alpha value is -5.93. The van der Waals surface area contributed by atoms with Crippen LogP contribution in [0.4, 0.5) is 0 Å². The highest BCUT2D eigenvalue weighted by atomic mass is 16.7. The zero-order valence-electron chi connectivity index (χ0n) is 35.0. The zero-order valence-corrected chi connectivity index (χ0v) is 35.0. The van der Waals surface area contributed by atoms with Crippen LogP contribution in [0.5, 0.6) is 0 Å². The monoisotopic (exact) mass is 873 g/mol. The second-order valence-electron chi connectivity index (χ2n) is 16.3. The summed E-state index contributed by atoms with van der Waals surface area (Å²) in [6.07, 6.45) is -9.95. The first kappa shape index (κ1) is 45.6. The number of carbonyl (C=O) groups is 8. The first-order valence-corrected chi connectivity index (χ1v) is 19.5. The summed E-state index contributed by atoms with van der Waals surface area (Å²) in [5.41, 5.74) is -13.2. The van der Waals surface area contributed by atoms with E-state index < -0.39 is 138 Å². The lowest BCUT2D eigenvalue weighted by Gasteiger charge is -2.67.